The van der Waals surface area contributed by atoms with Crippen molar-refractivity contribution in [1.29, 1.82) is 0 Å². The summed E-state index contributed by atoms with van der Waals surface area (Å²) in [5, 5.41) is 3.31. The van der Waals surface area contributed by atoms with Gasteiger partial charge in [-0.05, 0) is 12.1 Å². The number of carbonyl (C=O) groups excluding carboxylic acids is 2. The van der Waals surface area contributed by atoms with E-state index < -0.39 is 36.6 Å². The van der Waals surface area contributed by atoms with E-state index in [-0.39, 0.29) is 5.69 Å². The molecule has 5 nitrogen and oxygen atoms in total. The quantitative estimate of drug-likeness (QED) is 0.832. The molecule has 0 saturated heterocycles. The van der Waals surface area contributed by atoms with Crippen molar-refractivity contribution in [2.75, 3.05) is 11.9 Å². The molecule has 122 valence electrons. The fourth-order valence-corrected chi connectivity index (χ4v) is 1.24. The lowest BCUT2D eigenvalue weighted by Crippen LogP contribution is -2.41. The lowest BCUT2D eigenvalue weighted by Gasteiger charge is -2.11. The van der Waals surface area contributed by atoms with Crippen molar-refractivity contribution in [3.63, 3.8) is 0 Å². The Morgan fingerprint density at radius 3 is 2.27 bits per heavy atom. The van der Waals surface area contributed by atoms with Crippen molar-refractivity contribution in [2.24, 2.45) is 0 Å². The van der Waals surface area contributed by atoms with E-state index in [1.165, 1.54) is 11.4 Å². The lowest BCUT2D eigenvalue weighted by atomic mass is 10.3. The molecule has 0 fully saturated rings. The summed E-state index contributed by atoms with van der Waals surface area (Å²) < 4.78 is 75.2. The summed E-state index contributed by atoms with van der Waals surface area (Å²) in [5.41, 5.74) is -0.145. The molecule has 0 bridgehead atoms. The Morgan fingerprint density at radius 1 is 1.09 bits per heavy atom. The van der Waals surface area contributed by atoms with Gasteiger partial charge in [-0.2, -0.15) is 13.2 Å². The zero-order chi connectivity index (χ0) is 17.0. The van der Waals surface area contributed by atoms with Crippen LogP contribution in [0.2, 0.25) is 0 Å². The molecule has 2 N–H and O–H groups in total. The van der Waals surface area contributed by atoms with Gasteiger partial charge in [0.05, 0.1) is 6.54 Å². The second-order valence-corrected chi connectivity index (χ2v) is 3.80. The minimum Gasteiger partial charge on any atom is -0.406 e. The van der Waals surface area contributed by atoms with E-state index in [9.17, 15) is 35.9 Å². The number of benzene rings is 1. The number of halogens is 6. The van der Waals surface area contributed by atoms with Crippen molar-refractivity contribution in [3.05, 3.63) is 24.3 Å². The fraction of sp³-hybridized carbons (Fsp3) is 0.273. The van der Waals surface area contributed by atoms with Gasteiger partial charge in [-0.15, -0.1) is 13.2 Å². The Hall–Kier alpha value is -2.46. The maximum Gasteiger partial charge on any atom is 0.573 e. The predicted molar refractivity (Wildman–Crippen MR) is 60.8 cm³/mol. The summed E-state index contributed by atoms with van der Waals surface area (Å²) in [7, 11) is 0. The third-order valence-electron chi connectivity index (χ3n) is 2.02. The van der Waals surface area contributed by atoms with Crippen molar-refractivity contribution in [1.82, 2.24) is 5.32 Å². The highest BCUT2D eigenvalue weighted by molar-refractivity contribution is 5.95. The molecule has 0 atom stereocenters. The SMILES string of the molecule is O=C(CNC(=O)C(F)(F)F)Nc1cccc(OC(F)(F)F)c1. The molecule has 0 heterocycles. The average molecular weight is 330 g/mol. The first-order valence-electron chi connectivity index (χ1n) is 5.48. The minimum atomic E-state index is -5.14. The summed E-state index contributed by atoms with van der Waals surface area (Å²) in [6.07, 6.45) is -10.1. The zero-order valence-electron chi connectivity index (χ0n) is 10.5. The second-order valence-electron chi connectivity index (χ2n) is 3.80. The molecule has 1 aromatic carbocycles. The Balaban J connectivity index is 2.58. The van der Waals surface area contributed by atoms with E-state index in [0.29, 0.717) is 0 Å². The Labute approximate surface area is 119 Å². The lowest BCUT2D eigenvalue weighted by molar-refractivity contribution is -0.274. The molecule has 0 aliphatic carbocycles. The Morgan fingerprint density at radius 2 is 1.73 bits per heavy atom. The van der Waals surface area contributed by atoms with Crippen LogP contribution in [0.15, 0.2) is 24.3 Å². The number of hydrogen-bond acceptors (Lipinski definition) is 3. The van der Waals surface area contributed by atoms with Gasteiger partial charge in [0.2, 0.25) is 5.91 Å². The molecule has 11 heteroatoms. The van der Waals surface area contributed by atoms with Crippen molar-refractivity contribution in [3.8, 4) is 5.75 Å². The van der Waals surface area contributed by atoms with Gasteiger partial charge in [0.25, 0.3) is 0 Å². The van der Waals surface area contributed by atoms with Gasteiger partial charge in [0, 0.05) is 11.8 Å². The summed E-state index contributed by atoms with van der Waals surface area (Å²) in [5.74, 6) is -3.98. The van der Waals surface area contributed by atoms with Gasteiger partial charge in [-0.3, -0.25) is 9.59 Å². The maximum atomic E-state index is 12.0. The molecule has 0 aromatic heterocycles. The number of rotatable bonds is 4. The highest BCUT2D eigenvalue weighted by Gasteiger charge is 2.38. The van der Waals surface area contributed by atoms with E-state index in [4.69, 9.17) is 0 Å². The maximum absolute atomic E-state index is 12.0. The van der Waals surface area contributed by atoms with Crippen LogP contribution < -0.4 is 15.4 Å². The molecular formula is C11H8F6N2O3. The summed E-state index contributed by atoms with van der Waals surface area (Å²) in [6, 6.07) is 4.10. The van der Waals surface area contributed by atoms with Crippen LogP contribution >= 0.6 is 0 Å². The summed E-state index contributed by atoms with van der Waals surface area (Å²) in [4.78, 5) is 21.8. The number of nitrogens with one attached hydrogen (secondary N) is 2. The van der Waals surface area contributed by atoms with Gasteiger partial charge in [0.15, 0.2) is 0 Å². The summed E-state index contributed by atoms with van der Waals surface area (Å²) >= 11 is 0. The Kier molecular flexibility index (Phi) is 5.23. The number of anilines is 1. The monoisotopic (exact) mass is 330 g/mol. The molecule has 22 heavy (non-hydrogen) atoms. The third kappa shape index (κ3) is 6.33. The van der Waals surface area contributed by atoms with E-state index in [1.807, 2.05) is 5.32 Å². The van der Waals surface area contributed by atoms with E-state index in [1.54, 1.807) is 0 Å². The van der Waals surface area contributed by atoms with E-state index in [2.05, 4.69) is 4.74 Å². The minimum absolute atomic E-state index is 0.145. The van der Waals surface area contributed by atoms with Crippen LogP contribution in [0.4, 0.5) is 32.0 Å². The number of alkyl halides is 6. The van der Waals surface area contributed by atoms with Crippen molar-refractivity contribution in [2.45, 2.75) is 12.5 Å². The normalized spacial score (nSPS) is 11.7. The van der Waals surface area contributed by atoms with E-state index >= 15 is 0 Å². The number of amides is 2. The highest BCUT2D eigenvalue weighted by atomic mass is 19.4. The molecule has 0 unspecified atom stereocenters. The molecule has 0 radical (unpaired) electrons. The number of hydrogen-bond donors (Lipinski definition) is 2. The van der Waals surface area contributed by atoms with Crippen LogP contribution in [0.5, 0.6) is 5.75 Å². The van der Waals surface area contributed by atoms with Crippen LogP contribution in [-0.2, 0) is 9.59 Å². The van der Waals surface area contributed by atoms with Gasteiger partial charge in [-0.1, -0.05) is 6.07 Å². The largest absolute Gasteiger partial charge is 0.573 e. The van der Waals surface area contributed by atoms with Gasteiger partial charge < -0.3 is 15.4 Å². The van der Waals surface area contributed by atoms with Gasteiger partial charge >= 0.3 is 18.4 Å². The van der Waals surface area contributed by atoms with Crippen LogP contribution in [0, 0.1) is 0 Å². The van der Waals surface area contributed by atoms with Crippen LogP contribution in [0.3, 0.4) is 0 Å². The third-order valence-corrected chi connectivity index (χ3v) is 2.02. The predicted octanol–water partition coefficient (Wildman–Crippen LogP) is 2.20. The van der Waals surface area contributed by atoms with Crippen LogP contribution in [0.1, 0.15) is 0 Å². The molecule has 0 aliphatic rings. The fourth-order valence-electron chi connectivity index (χ4n) is 1.24. The first-order valence-corrected chi connectivity index (χ1v) is 5.48. The van der Waals surface area contributed by atoms with Gasteiger partial charge in [-0.25, -0.2) is 0 Å². The number of ether oxygens (including phenoxy) is 1. The van der Waals surface area contributed by atoms with Crippen LogP contribution in [0.25, 0.3) is 0 Å². The first kappa shape index (κ1) is 17.6. The topological polar surface area (TPSA) is 67.4 Å². The van der Waals surface area contributed by atoms with Crippen LogP contribution in [-0.4, -0.2) is 30.9 Å². The Bertz CT molecular complexity index is 555. The molecule has 2 amide bonds. The smallest absolute Gasteiger partial charge is 0.406 e. The zero-order valence-corrected chi connectivity index (χ0v) is 10.5. The molecule has 1 aromatic rings. The van der Waals surface area contributed by atoms with Crippen molar-refractivity contribution >= 4 is 17.5 Å². The average Bonchev–Trinajstić information content (AvgIpc) is 2.33. The molecule has 0 aliphatic heterocycles. The first-order chi connectivity index (χ1) is 9.97. The van der Waals surface area contributed by atoms with Crippen molar-refractivity contribution < 1.29 is 40.7 Å². The highest BCUT2D eigenvalue weighted by Crippen LogP contribution is 2.24. The second kappa shape index (κ2) is 6.54. The standard InChI is InChI=1S/C11H8F6N2O3/c12-10(13,14)9(21)18-5-8(20)19-6-2-1-3-7(4-6)22-11(15,16)17/h1-4H,5H2,(H,18,21)(H,19,20). The molecule has 1 rings (SSSR count). The number of carbonyl (C=O) groups is 2. The van der Waals surface area contributed by atoms with Gasteiger partial charge in [0.1, 0.15) is 5.75 Å². The molecular weight excluding hydrogens is 322 g/mol. The van der Waals surface area contributed by atoms with E-state index in [0.717, 1.165) is 18.2 Å². The molecule has 0 spiro atoms. The molecule has 0 saturated carbocycles. The summed E-state index contributed by atoms with van der Waals surface area (Å²) in [6.45, 7) is -0.997.